The monoisotopic (exact) mass is 239 g/mol. The summed E-state index contributed by atoms with van der Waals surface area (Å²) < 4.78 is 27.7. The van der Waals surface area contributed by atoms with Crippen LogP contribution in [0.3, 0.4) is 0 Å². The highest BCUT2D eigenvalue weighted by atomic mass is 19.1. The van der Waals surface area contributed by atoms with Crippen molar-refractivity contribution in [2.75, 3.05) is 6.54 Å². The molecule has 1 unspecified atom stereocenters. The van der Waals surface area contributed by atoms with Gasteiger partial charge in [-0.25, -0.2) is 8.78 Å². The Balaban J connectivity index is 2.18. The van der Waals surface area contributed by atoms with E-state index in [4.69, 9.17) is 0 Å². The summed E-state index contributed by atoms with van der Waals surface area (Å²) in [5, 5.41) is 3.33. The van der Waals surface area contributed by atoms with Crippen LogP contribution in [-0.4, -0.2) is 12.6 Å². The Morgan fingerprint density at radius 3 is 2.76 bits per heavy atom. The zero-order chi connectivity index (χ0) is 12.3. The van der Waals surface area contributed by atoms with Crippen LogP contribution >= 0.6 is 0 Å². The van der Waals surface area contributed by atoms with Gasteiger partial charge in [0.25, 0.3) is 0 Å². The van der Waals surface area contributed by atoms with Crippen molar-refractivity contribution in [3.63, 3.8) is 0 Å². The van der Waals surface area contributed by atoms with E-state index in [0.717, 1.165) is 25.8 Å². The molecule has 3 heteroatoms. The molecule has 1 nitrogen and oxygen atoms in total. The van der Waals surface area contributed by atoms with Gasteiger partial charge in [-0.15, -0.1) is 0 Å². The van der Waals surface area contributed by atoms with Gasteiger partial charge >= 0.3 is 0 Å². The first-order valence-corrected chi connectivity index (χ1v) is 6.41. The van der Waals surface area contributed by atoms with Gasteiger partial charge in [0.15, 0.2) is 0 Å². The van der Waals surface area contributed by atoms with Crippen molar-refractivity contribution in [3.05, 3.63) is 34.9 Å². The predicted molar refractivity (Wildman–Crippen MR) is 65.1 cm³/mol. The smallest absolute Gasteiger partial charge is 0.132 e. The lowest BCUT2D eigenvalue weighted by atomic mass is 9.95. The number of benzene rings is 1. The van der Waals surface area contributed by atoms with Crippen molar-refractivity contribution in [1.82, 2.24) is 5.32 Å². The minimum Gasteiger partial charge on any atom is -0.314 e. The number of halogens is 2. The van der Waals surface area contributed by atoms with E-state index >= 15 is 0 Å². The van der Waals surface area contributed by atoms with Crippen molar-refractivity contribution in [3.8, 4) is 0 Å². The molecule has 0 bridgehead atoms. The molecule has 1 atom stereocenters. The normalized spacial score (nSPS) is 20.5. The number of hydrogen-bond acceptors (Lipinski definition) is 1. The van der Waals surface area contributed by atoms with Gasteiger partial charge in [-0.1, -0.05) is 19.4 Å². The van der Waals surface area contributed by atoms with Gasteiger partial charge in [-0.05, 0) is 43.9 Å². The summed E-state index contributed by atoms with van der Waals surface area (Å²) in [6, 6.07) is 3.16. The number of aryl methyl sites for hydroxylation is 1. The first kappa shape index (κ1) is 12.5. The van der Waals surface area contributed by atoms with Gasteiger partial charge in [0.2, 0.25) is 0 Å². The highest BCUT2D eigenvalue weighted by Crippen LogP contribution is 2.21. The topological polar surface area (TPSA) is 12.0 Å². The minimum absolute atomic E-state index is 0.222. The molecule has 0 radical (unpaired) electrons. The van der Waals surface area contributed by atoms with E-state index in [1.54, 1.807) is 6.07 Å². The van der Waals surface area contributed by atoms with Gasteiger partial charge in [0.05, 0.1) is 0 Å². The van der Waals surface area contributed by atoms with Gasteiger partial charge in [-0.3, -0.25) is 0 Å². The Bertz CT molecular complexity index is 384. The van der Waals surface area contributed by atoms with Crippen LogP contribution in [-0.2, 0) is 12.8 Å². The van der Waals surface area contributed by atoms with Crippen LogP contribution in [0.5, 0.6) is 0 Å². The quantitative estimate of drug-likeness (QED) is 0.854. The Labute approximate surface area is 101 Å². The summed E-state index contributed by atoms with van der Waals surface area (Å²) in [4.78, 5) is 0. The number of hydrogen-bond donors (Lipinski definition) is 1. The first-order chi connectivity index (χ1) is 8.22. The second-order valence-electron chi connectivity index (χ2n) is 4.70. The summed E-state index contributed by atoms with van der Waals surface area (Å²) in [5.41, 5.74) is 0.862. The molecule has 1 aliphatic rings. The molecule has 17 heavy (non-hydrogen) atoms. The molecule has 1 N–H and O–H groups in total. The van der Waals surface area contributed by atoms with Gasteiger partial charge in [0, 0.05) is 11.6 Å². The van der Waals surface area contributed by atoms with Crippen LogP contribution in [0.25, 0.3) is 0 Å². The number of nitrogens with one attached hydrogen (secondary N) is 1. The van der Waals surface area contributed by atoms with E-state index in [0.29, 0.717) is 18.4 Å². The molecule has 1 heterocycles. The molecular formula is C14H19F2N. The fourth-order valence-corrected chi connectivity index (χ4v) is 2.45. The number of piperidine rings is 1. The third-order valence-electron chi connectivity index (χ3n) is 3.51. The third kappa shape index (κ3) is 2.83. The lowest BCUT2D eigenvalue weighted by molar-refractivity contribution is 0.389. The highest BCUT2D eigenvalue weighted by molar-refractivity contribution is 5.28. The molecule has 1 aromatic carbocycles. The molecule has 0 aliphatic carbocycles. The second kappa shape index (κ2) is 5.58. The lowest BCUT2D eigenvalue weighted by Crippen LogP contribution is -2.36. The van der Waals surface area contributed by atoms with E-state index in [9.17, 15) is 8.78 Å². The van der Waals surface area contributed by atoms with Crippen molar-refractivity contribution in [1.29, 1.82) is 0 Å². The Morgan fingerprint density at radius 1 is 1.29 bits per heavy atom. The first-order valence-electron chi connectivity index (χ1n) is 6.41. The van der Waals surface area contributed by atoms with Crippen molar-refractivity contribution in [2.24, 2.45) is 0 Å². The van der Waals surface area contributed by atoms with Crippen LogP contribution in [0.4, 0.5) is 8.78 Å². The summed E-state index contributed by atoms with van der Waals surface area (Å²) in [6.07, 6.45) is 4.39. The zero-order valence-corrected chi connectivity index (χ0v) is 10.2. The molecule has 1 fully saturated rings. The molecule has 0 saturated carbocycles. The molecule has 94 valence electrons. The van der Waals surface area contributed by atoms with E-state index in [1.807, 2.05) is 6.92 Å². The maximum absolute atomic E-state index is 14.0. The van der Waals surface area contributed by atoms with Gasteiger partial charge < -0.3 is 5.32 Å². The Hall–Kier alpha value is -0.960. The van der Waals surface area contributed by atoms with Crippen LogP contribution in [0.2, 0.25) is 0 Å². The van der Waals surface area contributed by atoms with E-state index < -0.39 is 5.82 Å². The molecule has 0 spiro atoms. The largest absolute Gasteiger partial charge is 0.314 e. The molecule has 2 rings (SSSR count). The van der Waals surface area contributed by atoms with Gasteiger partial charge in [0.1, 0.15) is 11.6 Å². The van der Waals surface area contributed by atoms with Crippen molar-refractivity contribution >= 4 is 0 Å². The molecular weight excluding hydrogens is 220 g/mol. The second-order valence-corrected chi connectivity index (χ2v) is 4.70. The molecule has 1 aromatic rings. The van der Waals surface area contributed by atoms with Gasteiger partial charge in [-0.2, -0.15) is 0 Å². The van der Waals surface area contributed by atoms with E-state index in [1.165, 1.54) is 6.07 Å². The summed E-state index contributed by atoms with van der Waals surface area (Å²) >= 11 is 0. The van der Waals surface area contributed by atoms with Crippen LogP contribution in [0, 0.1) is 11.6 Å². The maximum Gasteiger partial charge on any atom is 0.132 e. The van der Waals surface area contributed by atoms with Crippen molar-refractivity contribution < 1.29 is 8.78 Å². The maximum atomic E-state index is 14.0. The fourth-order valence-electron chi connectivity index (χ4n) is 2.45. The van der Waals surface area contributed by atoms with Crippen LogP contribution in [0.15, 0.2) is 12.1 Å². The predicted octanol–water partition coefficient (Wildman–Crippen LogP) is 3.21. The summed E-state index contributed by atoms with van der Waals surface area (Å²) in [6.45, 7) is 2.85. The molecule has 0 aromatic heterocycles. The van der Waals surface area contributed by atoms with E-state index in [-0.39, 0.29) is 17.4 Å². The van der Waals surface area contributed by atoms with E-state index in [2.05, 4.69) is 5.32 Å². The Kier molecular flexibility index (Phi) is 4.11. The minimum atomic E-state index is -0.410. The molecule has 1 saturated heterocycles. The fraction of sp³-hybridized carbons (Fsp3) is 0.571. The highest BCUT2D eigenvalue weighted by Gasteiger charge is 2.19. The Morgan fingerprint density at radius 2 is 2.12 bits per heavy atom. The SMILES string of the molecule is CCc1ccc(F)c(CC2CCCCN2)c1F. The zero-order valence-electron chi connectivity index (χ0n) is 10.2. The van der Waals surface area contributed by atoms with Crippen LogP contribution < -0.4 is 5.32 Å². The molecule has 1 aliphatic heterocycles. The average Bonchev–Trinajstić information content (AvgIpc) is 2.36. The van der Waals surface area contributed by atoms with Crippen molar-refractivity contribution in [2.45, 2.75) is 45.1 Å². The third-order valence-corrected chi connectivity index (χ3v) is 3.51. The standard InChI is InChI=1S/C14H19F2N/c1-2-10-6-7-13(15)12(14(10)16)9-11-5-3-4-8-17-11/h6-7,11,17H,2-5,8-9H2,1H3. The summed E-state index contributed by atoms with van der Waals surface area (Å²) in [5.74, 6) is -0.757. The lowest BCUT2D eigenvalue weighted by Gasteiger charge is -2.24. The average molecular weight is 239 g/mol. The summed E-state index contributed by atoms with van der Waals surface area (Å²) in [7, 11) is 0. The van der Waals surface area contributed by atoms with Crippen LogP contribution in [0.1, 0.15) is 37.3 Å². The molecule has 0 amide bonds. The number of rotatable bonds is 3.